The third-order valence-electron chi connectivity index (χ3n) is 6.52. The van der Waals surface area contributed by atoms with E-state index in [2.05, 4.69) is 16.1 Å². The summed E-state index contributed by atoms with van der Waals surface area (Å²) in [6.07, 6.45) is 4.87. The number of anilines is 1. The van der Waals surface area contributed by atoms with Crippen LogP contribution in [0.25, 0.3) is 0 Å². The van der Waals surface area contributed by atoms with Crippen molar-refractivity contribution >= 4 is 46.9 Å². The maximum atomic E-state index is 15.3. The van der Waals surface area contributed by atoms with Gasteiger partial charge in [-0.05, 0) is 82.2 Å². The summed E-state index contributed by atoms with van der Waals surface area (Å²) in [5.74, 6) is -0.715. The molecule has 3 rings (SSSR count). The van der Waals surface area contributed by atoms with Crippen LogP contribution in [0.3, 0.4) is 0 Å². The van der Waals surface area contributed by atoms with Gasteiger partial charge in [-0.1, -0.05) is 44.7 Å². The number of thioether (sulfide) groups is 1. The maximum Gasteiger partial charge on any atom is 0.262 e. The van der Waals surface area contributed by atoms with Crippen molar-refractivity contribution in [1.82, 2.24) is 9.62 Å². The largest absolute Gasteiger partial charge is 0.378 e. The zero-order valence-corrected chi connectivity index (χ0v) is 26.2. The molecule has 0 saturated heterocycles. The van der Waals surface area contributed by atoms with Crippen LogP contribution in [0.2, 0.25) is 5.02 Å². The Balaban J connectivity index is 0.00000274. The molecule has 1 aliphatic rings. The fourth-order valence-corrected chi connectivity index (χ4v) is 6.38. The summed E-state index contributed by atoms with van der Waals surface area (Å²) in [7, 11) is 5.44. The molecule has 0 bridgehead atoms. The Labute approximate surface area is 250 Å². The average Bonchev–Trinajstić information content (AvgIpc) is 2.96. The fraction of sp³-hybridized carbons (Fsp3) is 0.517. The lowest BCUT2D eigenvalue weighted by atomic mass is 9.84. The van der Waals surface area contributed by atoms with E-state index in [1.165, 1.54) is 30.0 Å². The summed E-state index contributed by atoms with van der Waals surface area (Å²) >= 11 is 8.59. The van der Waals surface area contributed by atoms with Crippen molar-refractivity contribution in [3.05, 3.63) is 52.6 Å². The van der Waals surface area contributed by atoms with Gasteiger partial charge in [-0.25, -0.2) is 8.78 Å². The number of rotatable bonds is 12. The van der Waals surface area contributed by atoms with Crippen LogP contribution in [-0.2, 0) is 9.53 Å². The number of methoxy groups -OCH3 is 1. The number of amides is 1. The Morgan fingerprint density at radius 3 is 2.50 bits per heavy atom. The van der Waals surface area contributed by atoms with E-state index in [-0.39, 0.29) is 23.2 Å². The molecule has 2 aromatic rings. The first kappa shape index (κ1) is 34.2. The Hall–Kier alpha value is -2.03. The van der Waals surface area contributed by atoms with Gasteiger partial charge in [-0.2, -0.15) is 5.26 Å². The molecule has 2 N–H and O–H groups in total. The smallest absolute Gasteiger partial charge is 0.262 e. The highest BCUT2D eigenvalue weighted by Crippen LogP contribution is 2.34. The number of benzene rings is 2. The number of ether oxygens (including phenoxy) is 1. The molecule has 40 heavy (non-hydrogen) atoms. The summed E-state index contributed by atoms with van der Waals surface area (Å²) in [6.45, 7) is 4.74. The molecule has 6 nitrogen and oxygen atoms in total. The minimum absolute atomic E-state index is 0.110. The molecule has 0 spiro atoms. The van der Waals surface area contributed by atoms with E-state index in [0.717, 1.165) is 42.7 Å². The molecule has 1 aliphatic carbocycles. The third kappa shape index (κ3) is 9.81. The summed E-state index contributed by atoms with van der Waals surface area (Å²) < 4.78 is 37.1. The molecule has 0 aliphatic heterocycles. The molecule has 1 fully saturated rings. The molecule has 0 heterocycles. The number of nitrogens with one attached hydrogen (secondary N) is 2. The number of carbonyl (C=O) groups is 1. The van der Waals surface area contributed by atoms with E-state index >= 15 is 4.39 Å². The minimum atomic E-state index is -0.867. The lowest BCUT2D eigenvalue weighted by Gasteiger charge is -2.34. The van der Waals surface area contributed by atoms with E-state index in [1.54, 1.807) is 19.2 Å². The van der Waals surface area contributed by atoms with Gasteiger partial charge in [0.1, 0.15) is 23.3 Å². The molecule has 220 valence electrons. The molecule has 11 heteroatoms. The second-order valence-electron chi connectivity index (χ2n) is 9.55. The molecule has 1 amide bonds. The minimum Gasteiger partial charge on any atom is -0.378 e. The second-order valence-corrected chi connectivity index (χ2v) is 11.9. The number of nitriles is 1. The zero-order valence-electron chi connectivity index (χ0n) is 23.8. The average molecular weight is 613 g/mol. The zero-order chi connectivity index (χ0) is 29.7. The first-order chi connectivity index (χ1) is 19.2. The van der Waals surface area contributed by atoms with Crippen LogP contribution >= 0.6 is 35.3 Å². The van der Waals surface area contributed by atoms with Gasteiger partial charge in [0.25, 0.3) is 5.91 Å². The molecule has 0 aromatic heterocycles. The van der Waals surface area contributed by atoms with Crippen LogP contribution in [-0.4, -0.2) is 56.0 Å². The van der Waals surface area contributed by atoms with Gasteiger partial charge in [0.15, 0.2) is 0 Å². The molecule has 0 radical (unpaired) electrons. The predicted molar refractivity (Wildman–Crippen MR) is 162 cm³/mol. The predicted octanol–water partition coefficient (Wildman–Crippen LogP) is 7.51. The Morgan fingerprint density at radius 2 is 1.90 bits per heavy atom. The summed E-state index contributed by atoms with van der Waals surface area (Å²) in [5.41, 5.74) is -0.618. The Bertz CT molecular complexity index is 1160. The molecule has 2 aromatic carbocycles. The van der Waals surface area contributed by atoms with Gasteiger partial charge < -0.3 is 15.0 Å². The van der Waals surface area contributed by atoms with Crippen molar-refractivity contribution in [3.63, 3.8) is 0 Å². The van der Waals surface area contributed by atoms with Crippen LogP contribution in [0.5, 0.6) is 0 Å². The standard InChI is InChI=1S/C27H33ClF2N4O2S2.C2H6/c1-34(2)12-9-20(17-37-24-8-7-19(29)14-22(24)28)32-25-18(16-31)13-21(15-23(25)30)38-33-26(35)27(36-3)10-5-4-6-11-27;1-2/h7-8,13-15,20,32H,4-6,9-12,17H2,1-3H3,(H,33,35);1-2H3. The molecule has 1 unspecified atom stereocenters. The van der Waals surface area contributed by atoms with Gasteiger partial charge in [0, 0.05) is 28.7 Å². The second kappa shape index (κ2) is 17.0. The van der Waals surface area contributed by atoms with Gasteiger partial charge in [-0.3, -0.25) is 9.52 Å². The quantitative estimate of drug-likeness (QED) is 0.190. The van der Waals surface area contributed by atoms with E-state index in [9.17, 15) is 14.4 Å². The van der Waals surface area contributed by atoms with E-state index < -0.39 is 17.2 Å². The van der Waals surface area contributed by atoms with Crippen molar-refractivity contribution < 1.29 is 18.3 Å². The number of halogens is 3. The molecular weight excluding hydrogens is 574 g/mol. The van der Waals surface area contributed by atoms with E-state index in [1.807, 2.05) is 32.8 Å². The molecule has 1 saturated carbocycles. The SMILES string of the molecule is CC.COC1(C(=O)NSc2cc(F)c(NC(CCN(C)C)CSc3ccc(F)cc3Cl)c(C#N)c2)CCCCC1. The van der Waals surface area contributed by atoms with Gasteiger partial charge in [0.2, 0.25) is 0 Å². The first-order valence-electron chi connectivity index (χ1n) is 13.4. The number of hydrogen-bond donors (Lipinski definition) is 2. The van der Waals surface area contributed by atoms with Crippen molar-refractivity contribution in [3.8, 4) is 6.07 Å². The number of hydrogen-bond acceptors (Lipinski definition) is 7. The van der Waals surface area contributed by atoms with Gasteiger partial charge in [-0.15, -0.1) is 11.8 Å². The van der Waals surface area contributed by atoms with Crippen molar-refractivity contribution in [2.45, 2.75) is 73.8 Å². The van der Waals surface area contributed by atoms with Crippen LogP contribution in [0.15, 0.2) is 40.1 Å². The molecule has 1 atom stereocenters. The third-order valence-corrected chi connectivity index (χ3v) is 8.94. The lowest BCUT2D eigenvalue weighted by Crippen LogP contribution is -2.47. The molecular formula is C29H39ClF2N4O2S2. The van der Waals surface area contributed by atoms with Gasteiger partial charge in [0.05, 0.1) is 16.3 Å². The monoisotopic (exact) mass is 612 g/mol. The van der Waals surface area contributed by atoms with Crippen molar-refractivity contribution in [2.24, 2.45) is 0 Å². The summed E-state index contributed by atoms with van der Waals surface area (Å²) in [4.78, 5) is 16.0. The van der Waals surface area contributed by atoms with Crippen LogP contribution < -0.4 is 10.0 Å². The maximum absolute atomic E-state index is 15.3. The summed E-state index contributed by atoms with van der Waals surface area (Å²) in [5, 5.41) is 13.3. The van der Waals surface area contributed by atoms with Crippen LogP contribution in [0.4, 0.5) is 14.5 Å². The van der Waals surface area contributed by atoms with Gasteiger partial charge >= 0.3 is 0 Å². The number of carbonyl (C=O) groups excluding carboxylic acids is 1. The van der Waals surface area contributed by atoms with E-state index in [0.29, 0.717) is 34.9 Å². The van der Waals surface area contributed by atoms with Crippen LogP contribution in [0.1, 0.15) is 57.9 Å². The highest BCUT2D eigenvalue weighted by Gasteiger charge is 2.39. The number of nitrogens with zero attached hydrogens (tertiary/aromatic N) is 2. The highest BCUT2D eigenvalue weighted by atomic mass is 35.5. The highest BCUT2D eigenvalue weighted by molar-refractivity contribution is 7.99. The van der Waals surface area contributed by atoms with Crippen molar-refractivity contribution in [2.75, 3.05) is 38.8 Å². The van der Waals surface area contributed by atoms with Crippen molar-refractivity contribution in [1.29, 1.82) is 5.26 Å². The Morgan fingerprint density at radius 1 is 1.20 bits per heavy atom. The van der Waals surface area contributed by atoms with Crippen LogP contribution in [0, 0.1) is 23.0 Å². The first-order valence-corrected chi connectivity index (χ1v) is 15.6. The summed E-state index contributed by atoms with van der Waals surface area (Å²) in [6, 6.07) is 8.97. The Kier molecular flexibility index (Phi) is 14.6. The normalized spacial score (nSPS) is 15.0. The lowest BCUT2D eigenvalue weighted by molar-refractivity contribution is -0.145. The van der Waals surface area contributed by atoms with E-state index in [4.69, 9.17) is 16.3 Å². The topological polar surface area (TPSA) is 77.4 Å². The fourth-order valence-electron chi connectivity index (χ4n) is 4.32.